The second-order valence-electron chi connectivity index (χ2n) is 4.02. The molecule has 0 saturated carbocycles. The summed E-state index contributed by atoms with van der Waals surface area (Å²) in [5, 5.41) is 0. The Balaban J connectivity index is 2.04. The smallest absolute Gasteiger partial charge is 0.134 e. The van der Waals surface area contributed by atoms with Crippen molar-refractivity contribution in [3.8, 4) is 11.5 Å². The minimum absolute atomic E-state index is 0.548. The molecule has 0 bridgehead atoms. The van der Waals surface area contributed by atoms with Crippen molar-refractivity contribution in [2.24, 2.45) is 0 Å². The maximum Gasteiger partial charge on any atom is 0.134 e. The summed E-state index contributed by atoms with van der Waals surface area (Å²) in [4.78, 5) is 0. The van der Waals surface area contributed by atoms with Crippen LogP contribution in [0.25, 0.3) is 0 Å². The van der Waals surface area contributed by atoms with Crippen LogP contribution in [-0.2, 0) is 6.61 Å². The van der Waals surface area contributed by atoms with Crippen molar-refractivity contribution in [3.63, 3.8) is 0 Å². The molecule has 0 atom stereocenters. The van der Waals surface area contributed by atoms with Crippen LogP contribution in [0.2, 0.25) is 0 Å². The Morgan fingerprint density at radius 1 is 1.06 bits per heavy atom. The number of benzene rings is 2. The van der Waals surface area contributed by atoms with E-state index in [-0.39, 0.29) is 0 Å². The SMILES string of the molecule is COc1ccc(COc2cccc(C)c2Br)cc1. The molecule has 18 heavy (non-hydrogen) atoms. The maximum atomic E-state index is 5.79. The van der Waals surface area contributed by atoms with Crippen LogP contribution >= 0.6 is 15.9 Å². The average Bonchev–Trinajstić information content (AvgIpc) is 2.41. The first kappa shape index (κ1) is 13.0. The minimum Gasteiger partial charge on any atom is -0.497 e. The Kier molecular flexibility index (Phi) is 4.26. The Morgan fingerprint density at radius 3 is 2.44 bits per heavy atom. The van der Waals surface area contributed by atoms with E-state index in [0.717, 1.165) is 21.5 Å². The fourth-order valence-electron chi connectivity index (χ4n) is 1.61. The van der Waals surface area contributed by atoms with E-state index in [1.54, 1.807) is 7.11 Å². The van der Waals surface area contributed by atoms with Gasteiger partial charge in [-0.3, -0.25) is 0 Å². The Bertz CT molecular complexity index is 521. The van der Waals surface area contributed by atoms with Crippen LogP contribution in [0.4, 0.5) is 0 Å². The topological polar surface area (TPSA) is 18.5 Å². The number of halogens is 1. The highest BCUT2D eigenvalue weighted by atomic mass is 79.9. The highest BCUT2D eigenvalue weighted by molar-refractivity contribution is 9.10. The first-order valence-corrected chi connectivity index (χ1v) is 6.51. The van der Waals surface area contributed by atoms with Crippen LogP contribution in [0.3, 0.4) is 0 Å². The monoisotopic (exact) mass is 306 g/mol. The fourth-order valence-corrected chi connectivity index (χ4v) is 1.99. The first-order chi connectivity index (χ1) is 8.70. The van der Waals surface area contributed by atoms with Gasteiger partial charge in [-0.05, 0) is 52.2 Å². The predicted molar refractivity (Wildman–Crippen MR) is 76.2 cm³/mol. The van der Waals surface area contributed by atoms with Crippen molar-refractivity contribution in [1.29, 1.82) is 0 Å². The summed E-state index contributed by atoms with van der Waals surface area (Å²) < 4.78 is 11.9. The lowest BCUT2D eigenvalue weighted by Crippen LogP contribution is -1.96. The molecule has 0 aliphatic heterocycles. The van der Waals surface area contributed by atoms with Crippen molar-refractivity contribution < 1.29 is 9.47 Å². The molecular weight excluding hydrogens is 292 g/mol. The number of aryl methyl sites for hydroxylation is 1. The fraction of sp³-hybridized carbons (Fsp3) is 0.200. The van der Waals surface area contributed by atoms with E-state index in [2.05, 4.69) is 15.9 Å². The maximum absolute atomic E-state index is 5.79. The minimum atomic E-state index is 0.548. The van der Waals surface area contributed by atoms with Crippen LogP contribution in [-0.4, -0.2) is 7.11 Å². The van der Waals surface area contributed by atoms with Gasteiger partial charge in [0.25, 0.3) is 0 Å². The van der Waals surface area contributed by atoms with Crippen molar-refractivity contribution in [2.45, 2.75) is 13.5 Å². The molecule has 0 radical (unpaired) electrons. The largest absolute Gasteiger partial charge is 0.497 e. The number of hydrogen-bond donors (Lipinski definition) is 0. The summed E-state index contributed by atoms with van der Waals surface area (Å²) in [7, 11) is 1.66. The van der Waals surface area contributed by atoms with E-state index in [0.29, 0.717) is 6.61 Å². The molecular formula is C15H15BrO2. The highest BCUT2D eigenvalue weighted by Gasteiger charge is 2.03. The molecule has 3 heteroatoms. The van der Waals surface area contributed by atoms with E-state index in [1.807, 2.05) is 49.4 Å². The number of methoxy groups -OCH3 is 1. The van der Waals surface area contributed by atoms with Gasteiger partial charge >= 0.3 is 0 Å². The van der Waals surface area contributed by atoms with Gasteiger partial charge < -0.3 is 9.47 Å². The molecule has 2 aromatic rings. The number of rotatable bonds is 4. The zero-order valence-corrected chi connectivity index (χ0v) is 12.0. The van der Waals surface area contributed by atoms with Gasteiger partial charge in [-0.1, -0.05) is 24.3 Å². The molecule has 0 amide bonds. The molecule has 2 rings (SSSR count). The van der Waals surface area contributed by atoms with Crippen LogP contribution in [0.1, 0.15) is 11.1 Å². The summed E-state index contributed by atoms with van der Waals surface area (Å²) in [6, 6.07) is 13.9. The Hall–Kier alpha value is -1.48. The number of ether oxygens (including phenoxy) is 2. The van der Waals surface area contributed by atoms with Gasteiger partial charge in [0.2, 0.25) is 0 Å². The van der Waals surface area contributed by atoms with E-state index in [1.165, 1.54) is 5.56 Å². The van der Waals surface area contributed by atoms with Gasteiger partial charge in [-0.15, -0.1) is 0 Å². The molecule has 0 aliphatic rings. The lowest BCUT2D eigenvalue weighted by atomic mass is 10.2. The highest BCUT2D eigenvalue weighted by Crippen LogP contribution is 2.28. The predicted octanol–water partition coefficient (Wildman–Crippen LogP) is 4.35. The van der Waals surface area contributed by atoms with Gasteiger partial charge in [0.1, 0.15) is 18.1 Å². The second kappa shape index (κ2) is 5.91. The molecule has 0 spiro atoms. The third kappa shape index (κ3) is 3.05. The molecule has 0 unspecified atom stereocenters. The van der Waals surface area contributed by atoms with Crippen molar-refractivity contribution in [1.82, 2.24) is 0 Å². The van der Waals surface area contributed by atoms with Gasteiger partial charge in [-0.25, -0.2) is 0 Å². The lowest BCUT2D eigenvalue weighted by Gasteiger charge is -2.10. The van der Waals surface area contributed by atoms with Gasteiger partial charge in [-0.2, -0.15) is 0 Å². The van der Waals surface area contributed by atoms with E-state index in [9.17, 15) is 0 Å². The third-order valence-electron chi connectivity index (χ3n) is 2.71. The number of hydrogen-bond acceptors (Lipinski definition) is 2. The standard InChI is InChI=1S/C15H15BrO2/c1-11-4-3-5-14(15(11)16)18-10-12-6-8-13(17-2)9-7-12/h3-9H,10H2,1-2H3. The zero-order chi connectivity index (χ0) is 13.0. The Morgan fingerprint density at radius 2 is 1.78 bits per heavy atom. The van der Waals surface area contributed by atoms with E-state index < -0.39 is 0 Å². The van der Waals surface area contributed by atoms with Crippen molar-refractivity contribution in [2.75, 3.05) is 7.11 Å². The summed E-state index contributed by atoms with van der Waals surface area (Å²) in [5.41, 5.74) is 2.28. The quantitative estimate of drug-likeness (QED) is 0.836. The van der Waals surface area contributed by atoms with Gasteiger partial charge in [0, 0.05) is 0 Å². The summed E-state index contributed by atoms with van der Waals surface area (Å²) in [6.45, 7) is 2.59. The molecule has 2 aromatic carbocycles. The van der Waals surface area contributed by atoms with Crippen molar-refractivity contribution >= 4 is 15.9 Å². The molecule has 0 aromatic heterocycles. The normalized spacial score (nSPS) is 10.2. The van der Waals surface area contributed by atoms with E-state index >= 15 is 0 Å². The molecule has 0 N–H and O–H groups in total. The summed E-state index contributed by atoms with van der Waals surface area (Å²) >= 11 is 3.53. The molecule has 0 aliphatic carbocycles. The van der Waals surface area contributed by atoms with Crippen LogP contribution in [0.5, 0.6) is 11.5 Å². The molecule has 94 valence electrons. The molecule has 0 fully saturated rings. The van der Waals surface area contributed by atoms with Crippen LogP contribution < -0.4 is 9.47 Å². The van der Waals surface area contributed by atoms with Crippen LogP contribution in [0, 0.1) is 6.92 Å². The van der Waals surface area contributed by atoms with E-state index in [4.69, 9.17) is 9.47 Å². The summed E-state index contributed by atoms with van der Waals surface area (Å²) in [6.07, 6.45) is 0. The van der Waals surface area contributed by atoms with Crippen LogP contribution in [0.15, 0.2) is 46.9 Å². The van der Waals surface area contributed by atoms with Crippen molar-refractivity contribution in [3.05, 3.63) is 58.1 Å². The Labute approximate surface area is 116 Å². The molecule has 2 nitrogen and oxygen atoms in total. The molecule has 0 saturated heterocycles. The molecule has 0 heterocycles. The third-order valence-corrected chi connectivity index (χ3v) is 3.73. The lowest BCUT2D eigenvalue weighted by molar-refractivity contribution is 0.304. The zero-order valence-electron chi connectivity index (χ0n) is 10.4. The average molecular weight is 307 g/mol. The first-order valence-electron chi connectivity index (χ1n) is 5.71. The van der Waals surface area contributed by atoms with Gasteiger partial charge in [0.15, 0.2) is 0 Å². The summed E-state index contributed by atoms with van der Waals surface area (Å²) in [5.74, 6) is 1.72. The second-order valence-corrected chi connectivity index (χ2v) is 4.82. The van der Waals surface area contributed by atoms with Gasteiger partial charge in [0.05, 0.1) is 11.6 Å².